The Morgan fingerprint density at radius 3 is 2.78 bits per heavy atom. The summed E-state index contributed by atoms with van der Waals surface area (Å²) in [6.07, 6.45) is 0. The van der Waals surface area contributed by atoms with Gasteiger partial charge in [-0.15, -0.1) is 0 Å². The summed E-state index contributed by atoms with van der Waals surface area (Å²) >= 11 is 11.8. The van der Waals surface area contributed by atoms with Crippen LogP contribution in [0.15, 0.2) is 23.1 Å². The van der Waals surface area contributed by atoms with Gasteiger partial charge < -0.3 is 5.32 Å². The van der Waals surface area contributed by atoms with Crippen LogP contribution in [0.2, 0.25) is 10.0 Å². The summed E-state index contributed by atoms with van der Waals surface area (Å²) in [7, 11) is -3.57. The second kappa shape index (κ2) is 5.35. The molecule has 1 saturated heterocycles. The van der Waals surface area contributed by atoms with Crippen molar-refractivity contribution < 1.29 is 8.42 Å². The minimum Gasteiger partial charge on any atom is -0.312 e. The molecule has 7 heteroatoms. The molecule has 0 amide bonds. The monoisotopic (exact) mass is 308 g/mol. The fraction of sp³-hybridized carbons (Fsp3) is 0.455. The summed E-state index contributed by atoms with van der Waals surface area (Å²) in [6.45, 7) is 3.46. The summed E-state index contributed by atoms with van der Waals surface area (Å²) < 4.78 is 26.4. The second-order valence-corrected chi connectivity index (χ2v) is 6.96. The molecule has 0 radical (unpaired) electrons. The highest BCUT2D eigenvalue weighted by Crippen LogP contribution is 2.31. The van der Waals surface area contributed by atoms with Crippen molar-refractivity contribution in [3.8, 4) is 0 Å². The van der Waals surface area contributed by atoms with E-state index in [0.717, 1.165) is 0 Å². The Morgan fingerprint density at radius 2 is 2.11 bits per heavy atom. The number of halogens is 2. The third kappa shape index (κ3) is 2.65. The van der Waals surface area contributed by atoms with E-state index in [1.807, 2.05) is 6.92 Å². The number of hydrogen-bond donors (Lipinski definition) is 1. The number of hydrogen-bond acceptors (Lipinski definition) is 3. The van der Waals surface area contributed by atoms with Gasteiger partial charge in [-0.05, 0) is 19.1 Å². The van der Waals surface area contributed by atoms with Gasteiger partial charge in [0, 0.05) is 25.7 Å². The van der Waals surface area contributed by atoms with E-state index in [-0.39, 0.29) is 21.0 Å². The fourth-order valence-electron chi connectivity index (χ4n) is 1.94. The molecule has 1 atom stereocenters. The maximum absolute atomic E-state index is 12.5. The first kappa shape index (κ1) is 14.1. The van der Waals surface area contributed by atoms with Crippen molar-refractivity contribution in [2.45, 2.75) is 17.9 Å². The van der Waals surface area contributed by atoms with Gasteiger partial charge in [0.15, 0.2) is 0 Å². The summed E-state index contributed by atoms with van der Waals surface area (Å²) in [5.41, 5.74) is 0. The first-order chi connectivity index (χ1) is 8.43. The molecule has 0 bridgehead atoms. The van der Waals surface area contributed by atoms with Gasteiger partial charge in [0.1, 0.15) is 4.90 Å². The molecule has 0 saturated carbocycles. The van der Waals surface area contributed by atoms with E-state index in [0.29, 0.717) is 19.6 Å². The number of piperazine rings is 1. The van der Waals surface area contributed by atoms with Crippen LogP contribution in [0, 0.1) is 0 Å². The van der Waals surface area contributed by atoms with Gasteiger partial charge >= 0.3 is 0 Å². The number of benzene rings is 1. The molecular weight excluding hydrogens is 295 g/mol. The highest BCUT2D eigenvalue weighted by atomic mass is 35.5. The third-order valence-electron chi connectivity index (χ3n) is 2.87. The minimum absolute atomic E-state index is 0.0748. The Labute approximate surface area is 117 Å². The van der Waals surface area contributed by atoms with Crippen LogP contribution >= 0.6 is 23.2 Å². The smallest absolute Gasteiger partial charge is 0.244 e. The first-order valence-corrected chi connectivity index (χ1v) is 7.80. The Bertz CT molecular complexity index is 548. The van der Waals surface area contributed by atoms with E-state index in [1.165, 1.54) is 10.4 Å². The molecule has 0 unspecified atom stereocenters. The van der Waals surface area contributed by atoms with Gasteiger partial charge in [-0.3, -0.25) is 0 Å². The molecule has 1 aliphatic rings. The lowest BCUT2D eigenvalue weighted by Crippen LogP contribution is -2.51. The van der Waals surface area contributed by atoms with Crippen LogP contribution in [-0.4, -0.2) is 38.4 Å². The molecular formula is C11H14Cl2N2O2S. The van der Waals surface area contributed by atoms with E-state index >= 15 is 0 Å². The van der Waals surface area contributed by atoms with Gasteiger partial charge in [0.05, 0.1) is 10.0 Å². The van der Waals surface area contributed by atoms with Gasteiger partial charge in [-0.2, -0.15) is 4.31 Å². The van der Waals surface area contributed by atoms with Crippen LogP contribution in [-0.2, 0) is 10.0 Å². The Balaban J connectivity index is 2.39. The molecule has 100 valence electrons. The summed E-state index contributed by atoms with van der Waals surface area (Å²) in [4.78, 5) is 0.0748. The molecule has 4 nitrogen and oxygen atoms in total. The number of nitrogens with one attached hydrogen (secondary N) is 1. The lowest BCUT2D eigenvalue weighted by molar-refractivity contribution is 0.310. The molecule has 18 heavy (non-hydrogen) atoms. The highest BCUT2D eigenvalue weighted by molar-refractivity contribution is 7.89. The van der Waals surface area contributed by atoms with Crippen LogP contribution in [0.25, 0.3) is 0 Å². The zero-order chi connectivity index (χ0) is 13.3. The Kier molecular flexibility index (Phi) is 4.18. The van der Waals surface area contributed by atoms with Crippen molar-refractivity contribution in [1.82, 2.24) is 9.62 Å². The molecule has 0 aliphatic carbocycles. The average molecular weight is 309 g/mol. The number of rotatable bonds is 2. The predicted molar refractivity (Wildman–Crippen MR) is 72.7 cm³/mol. The largest absolute Gasteiger partial charge is 0.312 e. The summed E-state index contributed by atoms with van der Waals surface area (Å²) in [5, 5.41) is 3.54. The van der Waals surface area contributed by atoms with Crippen molar-refractivity contribution in [2.75, 3.05) is 19.6 Å². The molecule has 1 aromatic rings. The van der Waals surface area contributed by atoms with Gasteiger partial charge in [0.25, 0.3) is 0 Å². The Morgan fingerprint density at radius 1 is 1.39 bits per heavy atom. The van der Waals surface area contributed by atoms with Crippen molar-refractivity contribution in [2.24, 2.45) is 0 Å². The SMILES string of the molecule is C[C@H]1CN(S(=O)(=O)c2cccc(Cl)c2Cl)CCN1. The van der Waals surface area contributed by atoms with Crippen LogP contribution in [0.1, 0.15) is 6.92 Å². The maximum Gasteiger partial charge on any atom is 0.244 e. The van der Waals surface area contributed by atoms with E-state index < -0.39 is 10.0 Å². The average Bonchev–Trinajstić information content (AvgIpc) is 2.32. The van der Waals surface area contributed by atoms with Crippen molar-refractivity contribution in [3.63, 3.8) is 0 Å². The summed E-state index contributed by atoms with van der Waals surface area (Å²) in [5.74, 6) is 0. The molecule has 1 fully saturated rings. The van der Waals surface area contributed by atoms with Gasteiger partial charge in [-0.25, -0.2) is 8.42 Å². The lowest BCUT2D eigenvalue weighted by Gasteiger charge is -2.31. The van der Waals surface area contributed by atoms with E-state index in [2.05, 4.69) is 5.32 Å². The normalized spacial score (nSPS) is 22.1. The zero-order valence-electron chi connectivity index (χ0n) is 9.86. The number of sulfonamides is 1. The van der Waals surface area contributed by atoms with Crippen LogP contribution in [0.5, 0.6) is 0 Å². The number of nitrogens with zero attached hydrogens (tertiary/aromatic N) is 1. The van der Waals surface area contributed by atoms with Crippen LogP contribution in [0.4, 0.5) is 0 Å². The fourth-order valence-corrected chi connectivity index (χ4v) is 4.20. The van der Waals surface area contributed by atoms with Crippen molar-refractivity contribution >= 4 is 33.2 Å². The minimum atomic E-state index is -3.57. The van der Waals surface area contributed by atoms with E-state index in [4.69, 9.17) is 23.2 Å². The molecule has 1 N–H and O–H groups in total. The topological polar surface area (TPSA) is 49.4 Å². The molecule has 1 heterocycles. The molecule has 1 aliphatic heterocycles. The standard InChI is InChI=1S/C11H14Cl2N2O2S/c1-8-7-15(6-5-14-8)18(16,17)10-4-2-3-9(12)11(10)13/h2-4,8,14H,5-7H2,1H3/t8-/m0/s1. The van der Waals surface area contributed by atoms with E-state index in [9.17, 15) is 8.42 Å². The van der Waals surface area contributed by atoms with Gasteiger partial charge in [0.2, 0.25) is 10.0 Å². The molecule has 1 aromatic carbocycles. The van der Waals surface area contributed by atoms with Gasteiger partial charge in [-0.1, -0.05) is 29.3 Å². The lowest BCUT2D eigenvalue weighted by atomic mass is 10.3. The van der Waals surface area contributed by atoms with Crippen molar-refractivity contribution in [3.05, 3.63) is 28.2 Å². The molecule has 2 rings (SSSR count). The first-order valence-electron chi connectivity index (χ1n) is 5.60. The summed E-state index contributed by atoms with van der Waals surface area (Å²) in [6, 6.07) is 4.78. The Hall–Kier alpha value is -0.330. The molecule has 0 spiro atoms. The molecule has 0 aromatic heterocycles. The zero-order valence-corrected chi connectivity index (χ0v) is 12.2. The maximum atomic E-state index is 12.5. The highest BCUT2D eigenvalue weighted by Gasteiger charge is 2.30. The predicted octanol–water partition coefficient (Wildman–Crippen LogP) is 1.98. The van der Waals surface area contributed by atoms with E-state index in [1.54, 1.807) is 12.1 Å². The van der Waals surface area contributed by atoms with Crippen molar-refractivity contribution in [1.29, 1.82) is 0 Å². The second-order valence-electron chi connectivity index (χ2n) is 4.27. The van der Waals surface area contributed by atoms with Crippen LogP contribution in [0.3, 0.4) is 0 Å². The van der Waals surface area contributed by atoms with Crippen LogP contribution < -0.4 is 5.32 Å². The quantitative estimate of drug-likeness (QED) is 0.909. The third-order valence-corrected chi connectivity index (χ3v) is 5.70.